The van der Waals surface area contributed by atoms with E-state index in [0.717, 1.165) is 0 Å². The average Bonchev–Trinajstić information content (AvgIpc) is 1.89. The van der Waals surface area contributed by atoms with E-state index < -0.39 is 5.43 Å². The van der Waals surface area contributed by atoms with Crippen LogP contribution in [-0.4, -0.2) is 35.5 Å². The predicted molar refractivity (Wildman–Crippen MR) is 37.0 cm³/mol. The molecule has 0 aliphatic heterocycles. The van der Waals surface area contributed by atoms with Crippen molar-refractivity contribution in [2.45, 2.75) is 6.92 Å². The Kier molecular flexibility index (Phi) is 14.2. The highest BCUT2D eigenvalue weighted by Gasteiger charge is 1.86. The first-order chi connectivity index (χ1) is 4.68. The molecule has 0 aromatic carbocycles. The molecule has 0 heterocycles. The summed E-state index contributed by atoms with van der Waals surface area (Å²) in [6, 6.07) is 0. The third-order valence-corrected chi connectivity index (χ3v) is 0.467. The first kappa shape index (κ1) is 12.4. The number of hydrogen-bond donors (Lipinski definition) is 2. The molecule has 0 unspecified atom stereocenters. The summed E-state index contributed by atoms with van der Waals surface area (Å²) in [6.45, 7) is 1.79. The lowest BCUT2D eigenvalue weighted by atomic mass is 10.8. The molecule has 0 spiro atoms. The Morgan fingerprint density at radius 2 is 1.90 bits per heavy atom. The molecule has 62 valence electrons. The number of rotatable bonds is 2. The molecular formula is C5H11ClO4. The summed E-state index contributed by atoms with van der Waals surface area (Å²) in [4.78, 5) is 9.59. The second-order valence-corrected chi connectivity index (χ2v) is 1.43. The summed E-state index contributed by atoms with van der Waals surface area (Å²) in [5.74, 6) is 0. The Balaban J connectivity index is 0. The number of ether oxygens (including phenoxy) is 1. The average molecular weight is 171 g/mol. The molecule has 0 radical (unpaired) electrons. The first-order valence-corrected chi connectivity index (χ1v) is 3.10. The van der Waals surface area contributed by atoms with E-state index in [1.807, 2.05) is 0 Å². The minimum atomic E-state index is -0.738. The van der Waals surface area contributed by atoms with Crippen LogP contribution >= 0.6 is 11.6 Å². The van der Waals surface area contributed by atoms with E-state index >= 15 is 0 Å². The van der Waals surface area contributed by atoms with Crippen molar-refractivity contribution >= 4 is 17.0 Å². The number of aliphatic hydroxyl groups excluding tert-OH is 2. The highest BCUT2D eigenvalue weighted by atomic mass is 35.5. The van der Waals surface area contributed by atoms with Gasteiger partial charge in [0, 0.05) is 11.6 Å². The summed E-state index contributed by atoms with van der Waals surface area (Å²) in [6.07, 6.45) is 0. The molecule has 0 aliphatic carbocycles. The van der Waals surface area contributed by atoms with Crippen molar-refractivity contribution in [3.63, 3.8) is 0 Å². The smallest absolute Gasteiger partial charge is 0.403 e. The van der Waals surface area contributed by atoms with Gasteiger partial charge in [0.05, 0.1) is 19.8 Å². The molecule has 0 amide bonds. The summed E-state index contributed by atoms with van der Waals surface area (Å²) in [5.41, 5.74) is -0.738. The standard InChI is InChI=1S/C3H5ClO2.C2H6O2/c1-2-6-3(4)5;3-1-2-4/h2H2,1H3;3-4H,1-2H2. The van der Waals surface area contributed by atoms with E-state index in [1.54, 1.807) is 6.92 Å². The molecular weight excluding hydrogens is 160 g/mol. The lowest BCUT2D eigenvalue weighted by Gasteiger charge is -1.86. The van der Waals surface area contributed by atoms with Crippen LogP contribution in [0.5, 0.6) is 0 Å². The van der Waals surface area contributed by atoms with Crippen LogP contribution in [-0.2, 0) is 4.74 Å². The lowest BCUT2D eigenvalue weighted by Crippen LogP contribution is -1.89. The van der Waals surface area contributed by atoms with Crippen molar-refractivity contribution < 1.29 is 19.7 Å². The molecule has 0 aromatic heterocycles. The van der Waals surface area contributed by atoms with Gasteiger partial charge < -0.3 is 14.9 Å². The minimum absolute atomic E-state index is 0.125. The largest absolute Gasteiger partial charge is 0.454 e. The fraction of sp³-hybridized carbons (Fsp3) is 0.800. The monoisotopic (exact) mass is 170 g/mol. The Morgan fingerprint density at radius 1 is 1.50 bits per heavy atom. The maximum absolute atomic E-state index is 9.59. The van der Waals surface area contributed by atoms with Gasteiger partial charge in [-0.05, 0) is 6.92 Å². The van der Waals surface area contributed by atoms with Gasteiger partial charge in [0.25, 0.3) is 0 Å². The number of hydrogen-bond acceptors (Lipinski definition) is 4. The van der Waals surface area contributed by atoms with Gasteiger partial charge in [-0.2, -0.15) is 0 Å². The van der Waals surface area contributed by atoms with Crippen molar-refractivity contribution in [3.05, 3.63) is 0 Å². The number of aliphatic hydroxyl groups is 2. The van der Waals surface area contributed by atoms with Gasteiger partial charge in [0.15, 0.2) is 0 Å². The van der Waals surface area contributed by atoms with E-state index in [0.29, 0.717) is 6.61 Å². The second kappa shape index (κ2) is 11.5. The number of carbonyl (C=O) groups excluding carboxylic acids is 1. The highest BCUT2D eigenvalue weighted by Crippen LogP contribution is 1.82. The fourth-order valence-electron chi connectivity index (χ4n) is 0.113. The molecule has 0 rings (SSSR count). The summed E-state index contributed by atoms with van der Waals surface area (Å²) < 4.78 is 4.17. The van der Waals surface area contributed by atoms with Crippen molar-refractivity contribution in [1.29, 1.82) is 0 Å². The van der Waals surface area contributed by atoms with Gasteiger partial charge in [0.2, 0.25) is 0 Å². The third kappa shape index (κ3) is 25.3. The van der Waals surface area contributed by atoms with E-state index in [-0.39, 0.29) is 13.2 Å². The summed E-state index contributed by atoms with van der Waals surface area (Å²) >= 11 is 4.72. The molecule has 0 atom stereocenters. The van der Waals surface area contributed by atoms with Crippen LogP contribution in [0.2, 0.25) is 0 Å². The predicted octanol–water partition coefficient (Wildman–Crippen LogP) is 0.353. The van der Waals surface area contributed by atoms with Crippen LogP contribution in [0.15, 0.2) is 0 Å². The maximum Gasteiger partial charge on any atom is 0.403 e. The van der Waals surface area contributed by atoms with Crippen LogP contribution in [0.4, 0.5) is 4.79 Å². The van der Waals surface area contributed by atoms with Crippen LogP contribution in [0.25, 0.3) is 0 Å². The fourth-order valence-corrected chi connectivity index (χ4v) is 0.223. The van der Waals surface area contributed by atoms with E-state index in [1.165, 1.54) is 0 Å². The molecule has 0 aromatic rings. The van der Waals surface area contributed by atoms with E-state index in [9.17, 15) is 4.79 Å². The van der Waals surface area contributed by atoms with Gasteiger partial charge in [-0.3, -0.25) is 0 Å². The van der Waals surface area contributed by atoms with Gasteiger partial charge in [-0.1, -0.05) is 0 Å². The zero-order chi connectivity index (χ0) is 8.41. The molecule has 10 heavy (non-hydrogen) atoms. The second-order valence-electron chi connectivity index (χ2n) is 1.12. The topological polar surface area (TPSA) is 66.8 Å². The molecule has 4 nitrogen and oxygen atoms in total. The lowest BCUT2D eigenvalue weighted by molar-refractivity contribution is 0.180. The Labute approximate surface area is 64.4 Å². The maximum atomic E-state index is 9.59. The van der Waals surface area contributed by atoms with Gasteiger partial charge in [-0.25, -0.2) is 4.79 Å². The van der Waals surface area contributed by atoms with Gasteiger partial charge in [-0.15, -0.1) is 0 Å². The third-order valence-electron chi connectivity index (χ3n) is 0.358. The zero-order valence-corrected chi connectivity index (χ0v) is 6.47. The van der Waals surface area contributed by atoms with Crippen LogP contribution in [0, 0.1) is 0 Å². The molecule has 0 saturated carbocycles. The van der Waals surface area contributed by atoms with Crippen LogP contribution < -0.4 is 0 Å². The summed E-state index contributed by atoms with van der Waals surface area (Å²) in [5, 5.41) is 15.2. The number of carbonyl (C=O) groups is 1. The van der Waals surface area contributed by atoms with Crippen LogP contribution in [0.3, 0.4) is 0 Å². The molecule has 0 bridgehead atoms. The number of halogens is 1. The minimum Gasteiger partial charge on any atom is -0.454 e. The molecule has 0 saturated heterocycles. The van der Waals surface area contributed by atoms with Crippen molar-refractivity contribution in [3.8, 4) is 0 Å². The first-order valence-electron chi connectivity index (χ1n) is 2.73. The zero-order valence-electron chi connectivity index (χ0n) is 5.71. The Hall–Kier alpha value is -0.320. The summed E-state index contributed by atoms with van der Waals surface area (Å²) in [7, 11) is 0. The highest BCUT2D eigenvalue weighted by molar-refractivity contribution is 6.61. The molecule has 5 heteroatoms. The molecule has 2 N–H and O–H groups in total. The van der Waals surface area contributed by atoms with E-state index in [2.05, 4.69) is 4.74 Å². The van der Waals surface area contributed by atoms with E-state index in [4.69, 9.17) is 21.8 Å². The Morgan fingerprint density at radius 3 is 1.90 bits per heavy atom. The SMILES string of the molecule is CCOC(=O)Cl.OCCO. The molecule has 0 aliphatic rings. The van der Waals surface area contributed by atoms with Gasteiger partial charge >= 0.3 is 5.43 Å². The van der Waals surface area contributed by atoms with Crippen molar-refractivity contribution in [2.75, 3.05) is 19.8 Å². The van der Waals surface area contributed by atoms with Crippen LogP contribution in [0.1, 0.15) is 6.92 Å². The van der Waals surface area contributed by atoms with Crippen molar-refractivity contribution in [1.82, 2.24) is 0 Å². The van der Waals surface area contributed by atoms with Crippen molar-refractivity contribution in [2.24, 2.45) is 0 Å². The Bertz CT molecular complexity index is 74.0. The quantitative estimate of drug-likeness (QED) is 0.587. The normalized spacial score (nSPS) is 7.60. The van der Waals surface area contributed by atoms with Gasteiger partial charge in [0.1, 0.15) is 0 Å². The molecule has 0 fully saturated rings.